The van der Waals surface area contributed by atoms with Gasteiger partial charge >= 0.3 is 5.97 Å². The summed E-state index contributed by atoms with van der Waals surface area (Å²) >= 11 is 0. The highest BCUT2D eigenvalue weighted by Gasteiger charge is 2.25. The first-order valence-corrected chi connectivity index (χ1v) is 9.43. The van der Waals surface area contributed by atoms with Gasteiger partial charge in [0.15, 0.2) is 0 Å². The molecule has 1 aromatic rings. The van der Waals surface area contributed by atoms with Gasteiger partial charge < -0.3 is 9.94 Å². The third-order valence-corrected chi connectivity index (χ3v) is 5.32. The molecule has 5 nitrogen and oxygen atoms in total. The maximum atomic E-state index is 11.1. The van der Waals surface area contributed by atoms with Gasteiger partial charge in [-0.15, -0.1) is 12.4 Å². The Labute approximate surface area is 161 Å². The average molecular weight is 381 g/mol. The molecule has 1 heterocycles. The van der Waals surface area contributed by atoms with Crippen LogP contribution in [0, 0.1) is 5.92 Å². The van der Waals surface area contributed by atoms with Crippen molar-refractivity contribution in [3.8, 4) is 0 Å². The van der Waals surface area contributed by atoms with Crippen molar-refractivity contribution in [1.82, 2.24) is 4.90 Å². The molecule has 3 rings (SSSR count). The smallest absolute Gasteiger partial charge is 0.307 e. The minimum Gasteiger partial charge on any atom is -0.481 e. The minimum absolute atomic E-state index is 0. The minimum atomic E-state index is -0.682. The van der Waals surface area contributed by atoms with Crippen LogP contribution < -0.4 is 0 Å². The van der Waals surface area contributed by atoms with Crippen molar-refractivity contribution in [2.75, 3.05) is 26.2 Å². The second-order valence-corrected chi connectivity index (χ2v) is 7.10. The third kappa shape index (κ3) is 5.71. The highest BCUT2D eigenvalue weighted by atomic mass is 35.5. The van der Waals surface area contributed by atoms with Gasteiger partial charge in [0, 0.05) is 19.0 Å². The molecule has 1 saturated heterocycles. The van der Waals surface area contributed by atoms with E-state index in [1.165, 1.54) is 18.4 Å². The number of hydrogen-bond acceptors (Lipinski definition) is 4. The number of hydrogen-bond donors (Lipinski definition) is 1. The van der Waals surface area contributed by atoms with Gasteiger partial charge in [0.1, 0.15) is 6.61 Å². The first-order chi connectivity index (χ1) is 12.2. The van der Waals surface area contributed by atoms with Crippen LogP contribution in [0.4, 0.5) is 0 Å². The van der Waals surface area contributed by atoms with Crippen molar-refractivity contribution >= 4 is 24.1 Å². The van der Waals surface area contributed by atoms with Gasteiger partial charge in [0.25, 0.3) is 0 Å². The lowest BCUT2D eigenvalue weighted by Crippen LogP contribution is -2.40. The van der Waals surface area contributed by atoms with Gasteiger partial charge in [0.05, 0.1) is 11.6 Å². The van der Waals surface area contributed by atoms with Gasteiger partial charge in [-0.05, 0) is 44.2 Å². The predicted octanol–water partition coefficient (Wildman–Crippen LogP) is 3.94. The molecule has 2 aliphatic rings. The number of nitrogens with zero attached hydrogens (tertiary/aromatic N) is 2. The van der Waals surface area contributed by atoms with Gasteiger partial charge in [-0.3, -0.25) is 9.69 Å². The standard InChI is InChI=1S/C20H28N2O3.ClH/c23-20(24)17-9-6-12-22(15-17)13-14-25-21-19-11-5-4-10-18(19)16-7-2-1-3-8-16;/h1-3,7-8,17-18H,4-6,9-15H2,(H,23,24);1H/b21-19+;/t17-,18?;/m1./s1. The van der Waals surface area contributed by atoms with E-state index >= 15 is 0 Å². The number of rotatable bonds is 6. The Morgan fingerprint density at radius 2 is 2.00 bits per heavy atom. The molecule has 1 aliphatic heterocycles. The van der Waals surface area contributed by atoms with Crippen molar-refractivity contribution in [1.29, 1.82) is 0 Å². The van der Waals surface area contributed by atoms with Crippen LogP contribution >= 0.6 is 12.4 Å². The van der Waals surface area contributed by atoms with Crippen LogP contribution in [0.15, 0.2) is 35.5 Å². The molecule has 1 N–H and O–H groups in total. The molecule has 2 atom stereocenters. The molecule has 0 amide bonds. The maximum Gasteiger partial charge on any atom is 0.307 e. The topological polar surface area (TPSA) is 62.1 Å². The normalized spacial score (nSPS) is 25.5. The van der Waals surface area contributed by atoms with E-state index in [1.54, 1.807) is 0 Å². The molecule has 1 unspecified atom stereocenters. The monoisotopic (exact) mass is 380 g/mol. The van der Waals surface area contributed by atoms with Crippen molar-refractivity contribution in [2.45, 2.75) is 44.4 Å². The Morgan fingerprint density at radius 3 is 2.77 bits per heavy atom. The van der Waals surface area contributed by atoms with Crippen LogP contribution in [-0.4, -0.2) is 47.9 Å². The molecule has 0 spiro atoms. The zero-order valence-electron chi connectivity index (χ0n) is 15.2. The average Bonchev–Trinajstić information content (AvgIpc) is 2.66. The Bertz CT molecular complexity index is 594. The van der Waals surface area contributed by atoms with Gasteiger partial charge in [-0.25, -0.2) is 0 Å². The Kier molecular flexibility index (Phi) is 8.39. The molecule has 1 aromatic carbocycles. The van der Waals surface area contributed by atoms with Crippen LogP contribution in [0.25, 0.3) is 0 Å². The first kappa shape index (κ1) is 20.7. The molecule has 0 bridgehead atoms. The first-order valence-electron chi connectivity index (χ1n) is 9.43. The fourth-order valence-electron chi connectivity index (χ4n) is 3.91. The fraction of sp³-hybridized carbons (Fsp3) is 0.600. The maximum absolute atomic E-state index is 11.1. The van der Waals surface area contributed by atoms with E-state index in [1.807, 2.05) is 6.07 Å². The molecule has 2 fully saturated rings. The lowest BCUT2D eigenvalue weighted by atomic mass is 9.82. The molecule has 0 aromatic heterocycles. The van der Waals surface area contributed by atoms with Crippen molar-refractivity contribution in [3.63, 3.8) is 0 Å². The lowest BCUT2D eigenvalue weighted by Gasteiger charge is -2.30. The zero-order chi connectivity index (χ0) is 17.5. The summed E-state index contributed by atoms with van der Waals surface area (Å²) in [7, 11) is 0. The predicted molar refractivity (Wildman–Crippen MR) is 105 cm³/mol. The summed E-state index contributed by atoms with van der Waals surface area (Å²) in [6, 6.07) is 10.6. The summed E-state index contributed by atoms with van der Waals surface area (Å²) < 4.78 is 0. The summed E-state index contributed by atoms with van der Waals surface area (Å²) in [6.07, 6.45) is 6.29. The van der Waals surface area contributed by atoms with E-state index in [2.05, 4.69) is 34.3 Å². The number of piperidine rings is 1. The Morgan fingerprint density at radius 1 is 1.19 bits per heavy atom. The molecule has 26 heavy (non-hydrogen) atoms. The summed E-state index contributed by atoms with van der Waals surface area (Å²) in [5, 5.41) is 13.6. The Hall–Kier alpha value is -1.59. The molecular weight excluding hydrogens is 352 g/mol. The number of aliphatic carboxylic acids is 1. The van der Waals surface area contributed by atoms with Crippen LogP contribution in [0.1, 0.15) is 50.0 Å². The van der Waals surface area contributed by atoms with E-state index in [0.717, 1.165) is 44.5 Å². The molecule has 0 radical (unpaired) electrons. The van der Waals surface area contributed by atoms with Gasteiger partial charge in [-0.2, -0.15) is 0 Å². The lowest BCUT2D eigenvalue weighted by molar-refractivity contribution is -0.143. The van der Waals surface area contributed by atoms with Crippen LogP contribution in [0.5, 0.6) is 0 Å². The number of carbonyl (C=O) groups is 1. The number of oxime groups is 1. The van der Waals surface area contributed by atoms with Crippen LogP contribution in [-0.2, 0) is 9.63 Å². The van der Waals surface area contributed by atoms with E-state index in [0.29, 0.717) is 19.1 Å². The highest BCUT2D eigenvalue weighted by Crippen LogP contribution is 2.30. The third-order valence-electron chi connectivity index (χ3n) is 5.32. The summed E-state index contributed by atoms with van der Waals surface area (Å²) in [6.45, 7) is 2.85. The number of carboxylic acids is 1. The highest BCUT2D eigenvalue weighted by molar-refractivity contribution is 5.91. The van der Waals surface area contributed by atoms with E-state index in [-0.39, 0.29) is 18.3 Å². The number of benzene rings is 1. The van der Waals surface area contributed by atoms with Crippen LogP contribution in [0.2, 0.25) is 0 Å². The van der Waals surface area contributed by atoms with E-state index in [4.69, 9.17) is 9.94 Å². The summed E-state index contributed by atoms with van der Waals surface area (Å²) in [4.78, 5) is 18.9. The largest absolute Gasteiger partial charge is 0.481 e. The van der Waals surface area contributed by atoms with Gasteiger partial charge in [-0.1, -0.05) is 41.9 Å². The molecule has 6 heteroatoms. The fourth-order valence-corrected chi connectivity index (χ4v) is 3.91. The number of carboxylic acid groups (broad SMARTS) is 1. The molecular formula is C20H29ClN2O3. The SMILES string of the molecule is Cl.O=C(O)[C@@H]1CCCN(CCO/N=C2\CCCCC2c2ccccc2)C1. The van der Waals surface area contributed by atoms with Crippen LogP contribution in [0.3, 0.4) is 0 Å². The van der Waals surface area contributed by atoms with Crippen molar-refractivity contribution < 1.29 is 14.7 Å². The second kappa shape index (κ2) is 10.5. The molecule has 144 valence electrons. The zero-order valence-corrected chi connectivity index (χ0v) is 16.0. The second-order valence-electron chi connectivity index (χ2n) is 7.10. The van der Waals surface area contributed by atoms with Gasteiger partial charge in [0.2, 0.25) is 0 Å². The Balaban J connectivity index is 0.00000243. The van der Waals surface area contributed by atoms with Crippen molar-refractivity contribution in [3.05, 3.63) is 35.9 Å². The molecule has 1 aliphatic carbocycles. The summed E-state index contributed by atoms with van der Waals surface area (Å²) in [5.74, 6) is -0.541. The van der Waals surface area contributed by atoms with E-state index < -0.39 is 5.97 Å². The van der Waals surface area contributed by atoms with E-state index in [9.17, 15) is 4.79 Å². The van der Waals surface area contributed by atoms with Crippen molar-refractivity contribution in [2.24, 2.45) is 11.1 Å². The number of likely N-dealkylation sites (tertiary alicyclic amines) is 1. The quantitative estimate of drug-likeness (QED) is 0.599. The summed E-state index contributed by atoms with van der Waals surface area (Å²) in [5.41, 5.74) is 2.48. The number of halogens is 1. The molecule has 1 saturated carbocycles.